The summed E-state index contributed by atoms with van der Waals surface area (Å²) < 4.78 is 10.5. The molecule has 1 aliphatic rings. The zero-order valence-electron chi connectivity index (χ0n) is 7.86. The molecule has 0 spiro atoms. The van der Waals surface area contributed by atoms with E-state index in [0.29, 0.717) is 19.6 Å². The van der Waals surface area contributed by atoms with Crippen LogP contribution in [0, 0.1) is 0 Å². The largest absolute Gasteiger partial charge is 0.479 e. The van der Waals surface area contributed by atoms with E-state index in [9.17, 15) is 4.79 Å². The minimum Gasteiger partial charge on any atom is -0.479 e. The second-order valence-electron chi connectivity index (χ2n) is 3.24. The van der Waals surface area contributed by atoms with Crippen LogP contribution in [0.15, 0.2) is 0 Å². The van der Waals surface area contributed by atoms with E-state index in [1.165, 1.54) is 0 Å². The summed E-state index contributed by atoms with van der Waals surface area (Å²) >= 11 is 0. The zero-order chi connectivity index (χ0) is 9.68. The van der Waals surface area contributed by atoms with E-state index in [2.05, 4.69) is 0 Å². The number of hydrogen-bond acceptors (Lipinski definition) is 3. The minimum atomic E-state index is -0.867. The highest BCUT2D eigenvalue weighted by molar-refractivity contribution is 5.72. The van der Waals surface area contributed by atoms with Gasteiger partial charge in [0.05, 0.1) is 12.7 Å². The molecule has 4 nitrogen and oxygen atoms in total. The van der Waals surface area contributed by atoms with Gasteiger partial charge in [-0.2, -0.15) is 0 Å². The summed E-state index contributed by atoms with van der Waals surface area (Å²) in [5.41, 5.74) is 0. The standard InChI is InChI=1S/C9H16O4/c1-2-3-8(9(10)11)13-7-4-5-12-6-7/h7-8H,2-6H2,1H3,(H,10,11). The summed E-state index contributed by atoms with van der Waals surface area (Å²) in [5, 5.41) is 8.80. The first-order valence-electron chi connectivity index (χ1n) is 4.70. The highest BCUT2D eigenvalue weighted by atomic mass is 16.6. The lowest BCUT2D eigenvalue weighted by Crippen LogP contribution is -2.29. The molecule has 0 radical (unpaired) electrons. The van der Waals surface area contributed by atoms with Crippen molar-refractivity contribution in [2.45, 2.75) is 38.4 Å². The van der Waals surface area contributed by atoms with E-state index < -0.39 is 12.1 Å². The van der Waals surface area contributed by atoms with E-state index in [1.54, 1.807) is 0 Å². The fraction of sp³-hybridized carbons (Fsp3) is 0.889. The minimum absolute atomic E-state index is 0.0207. The molecule has 2 atom stereocenters. The van der Waals surface area contributed by atoms with Gasteiger partial charge < -0.3 is 14.6 Å². The lowest BCUT2D eigenvalue weighted by Gasteiger charge is -2.16. The quantitative estimate of drug-likeness (QED) is 0.700. The molecule has 1 fully saturated rings. The van der Waals surface area contributed by atoms with Crippen LogP contribution < -0.4 is 0 Å². The summed E-state index contributed by atoms with van der Waals surface area (Å²) in [5.74, 6) is -0.867. The van der Waals surface area contributed by atoms with Gasteiger partial charge >= 0.3 is 5.97 Å². The Labute approximate surface area is 77.8 Å². The molecule has 0 aromatic carbocycles. The van der Waals surface area contributed by atoms with E-state index >= 15 is 0 Å². The topological polar surface area (TPSA) is 55.8 Å². The monoisotopic (exact) mass is 188 g/mol. The molecule has 4 heteroatoms. The van der Waals surface area contributed by atoms with Gasteiger partial charge in [-0.1, -0.05) is 13.3 Å². The second-order valence-corrected chi connectivity index (χ2v) is 3.24. The number of ether oxygens (including phenoxy) is 2. The fourth-order valence-corrected chi connectivity index (χ4v) is 1.36. The molecule has 2 unspecified atom stereocenters. The molecular formula is C9H16O4. The Morgan fingerprint density at radius 2 is 2.54 bits per heavy atom. The molecule has 0 bridgehead atoms. The Morgan fingerprint density at radius 1 is 1.77 bits per heavy atom. The van der Waals surface area contributed by atoms with Crippen LogP contribution in [0.3, 0.4) is 0 Å². The molecule has 1 aliphatic heterocycles. The lowest BCUT2D eigenvalue weighted by molar-refractivity contribution is -0.154. The third-order valence-corrected chi connectivity index (χ3v) is 2.07. The first-order valence-corrected chi connectivity index (χ1v) is 4.70. The van der Waals surface area contributed by atoms with Crippen LogP contribution in [0.2, 0.25) is 0 Å². The Kier molecular flexibility index (Phi) is 4.18. The van der Waals surface area contributed by atoms with Gasteiger partial charge in [0.1, 0.15) is 0 Å². The summed E-state index contributed by atoms with van der Waals surface area (Å²) in [7, 11) is 0. The molecule has 13 heavy (non-hydrogen) atoms. The molecular weight excluding hydrogens is 172 g/mol. The first kappa shape index (κ1) is 10.5. The van der Waals surface area contributed by atoms with Gasteiger partial charge in [-0.25, -0.2) is 4.79 Å². The van der Waals surface area contributed by atoms with Crippen molar-refractivity contribution >= 4 is 5.97 Å². The van der Waals surface area contributed by atoms with Gasteiger partial charge in [-0.3, -0.25) is 0 Å². The third-order valence-electron chi connectivity index (χ3n) is 2.07. The normalized spacial score (nSPS) is 24.5. The maximum atomic E-state index is 10.7. The Morgan fingerprint density at radius 3 is 3.00 bits per heavy atom. The molecule has 0 aromatic heterocycles. The van der Waals surface area contributed by atoms with Crippen LogP contribution >= 0.6 is 0 Å². The van der Waals surface area contributed by atoms with Gasteiger partial charge in [0, 0.05) is 6.61 Å². The van der Waals surface area contributed by atoms with Gasteiger partial charge in [0.2, 0.25) is 0 Å². The van der Waals surface area contributed by atoms with Crippen LogP contribution in [-0.2, 0) is 14.3 Å². The Hall–Kier alpha value is -0.610. The molecule has 0 saturated carbocycles. The van der Waals surface area contributed by atoms with Crippen molar-refractivity contribution in [2.75, 3.05) is 13.2 Å². The van der Waals surface area contributed by atoms with Gasteiger partial charge in [-0.15, -0.1) is 0 Å². The smallest absolute Gasteiger partial charge is 0.332 e. The van der Waals surface area contributed by atoms with Crippen molar-refractivity contribution in [1.82, 2.24) is 0 Å². The van der Waals surface area contributed by atoms with Crippen molar-refractivity contribution in [1.29, 1.82) is 0 Å². The highest BCUT2D eigenvalue weighted by Gasteiger charge is 2.24. The number of carboxylic acids is 1. The average molecular weight is 188 g/mol. The fourth-order valence-electron chi connectivity index (χ4n) is 1.36. The van der Waals surface area contributed by atoms with Crippen LogP contribution in [0.5, 0.6) is 0 Å². The van der Waals surface area contributed by atoms with Crippen LogP contribution in [0.4, 0.5) is 0 Å². The highest BCUT2D eigenvalue weighted by Crippen LogP contribution is 2.13. The first-order chi connectivity index (χ1) is 6.24. The maximum Gasteiger partial charge on any atom is 0.332 e. The summed E-state index contributed by atoms with van der Waals surface area (Å²) in [6.07, 6.45) is 1.54. The average Bonchev–Trinajstić information content (AvgIpc) is 2.56. The van der Waals surface area contributed by atoms with Crippen LogP contribution in [0.1, 0.15) is 26.2 Å². The van der Waals surface area contributed by atoms with Crippen molar-refractivity contribution < 1.29 is 19.4 Å². The molecule has 1 heterocycles. The lowest BCUT2D eigenvalue weighted by atomic mass is 10.2. The molecule has 76 valence electrons. The number of rotatable bonds is 5. The summed E-state index contributed by atoms with van der Waals surface area (Å²) in [6, 6.07) is 0. The molecule has 0 aliphatic carbocycles. The maximum absolute atomic E-state index is 10.7. The van der Waals surface area contributed by atoms with Gasteiger partial charge in [-0.05, 0) is 12.8 Å². The van der Waals surface area contributed by atoms with E-state index in [-0.39, 0.29) is 6.10 Å². The number of aliphatic carboxylic acids is 1. The Balaban J connectivity index is 2.32. The van der Waals surface area contributed by atoms with E-state index in [4.69, 9.17) is 14.6 Å². The molecule has 1 saturated heterocycles. The van der Waals surface area contributed by atoms with Crippen molar-refractivity contribution in [3.05, 3.63) is 0 Å². The van der Waals surface area contributed by atoms with Crippen molar-refractivity contribution in [3.63, 3.8) is 0 Å². The van der Waals surface area contributed by atoms with E-state index in [0.717, 1.165) is 12.8 Å². The molecule has 1 N–H and O–H groups in total. The van der Waals surface area contributed by atoms with Gasteiger partial charge in [0.15, 0.2) is 6.10 Å². The summed E-state index contributed by atoms with van der Waals surface area (Å²) in [4.78, 5) is 10.7. The van der Waals surface area contributed by atoms with Crippen molar-refractivity contribution in [3.8, 4) is 0 Å². The SMILES string of the molecule is CCCC(OC1CCOC1)C(=O)O. The molecule has 1 rings (SSSR count). The molecule has 0 amide bonds. The van der Waals surface area contributed by atoms with Crippen LogP contribution in [-0.4, -0.2) is 36.5 Å². The molecule has 0 aromatic rings. The number of carboxylic acid groups (broad SMARTS) is 1. The Bertz CT molecular complexity index is 163. The number of hydrogen-bond donors (Lipinski definition) is 1. The zero-order valence-corrected chi connectivity index (χ0v) is 7.86. The predicted molar refractivity (Wildman–Crippen MR) is 46.6 cm³/mol. The van der Waals surface area contributed by atoms with Crippen molar-refractivity contribution in [2.24, 2.45) is 0 Å². The van der Waals surface area contributed by atoms with Crippen LogP contribution in [0.25, 0.3) is 0 Å². The van der Waals surface area contributed by atoms with Gasteiger partial charge in [0.25, 0.3) is 0 Å². The van der Waals surface area contributed by atoms with E-state index in [1.807, 2.05) is 6.92 Å². The second kappa shape index (κ2) is 5.19. The summed E-state index contributed by atoms with van der Waals surface area (Å²) in [6.45, 7) is 3.17. The number of carbonyl (C=O) groups is 1. The third kappa shape index (κ3) is 3.32. The predicted octanol–water partition coefficient (Wildman–Crippen LogP) is 1.05.